The van der Waals surface area contributed by atoms with E-state index < -0.39 is 5.60 Å². The summed E-state index contributed by atoms with van der Waals surface area (Å²) in [5, 5.41) is 13.1. The monoisotopic (exact) mass is 339 g/mol. The molecule has 4 rings (SSSR count). The Morgan fingerprint density at radius 3 is 2.42 bits per heavy atom. The SMILES string of the molecule is O=c1c2ccc(Cl)cc2cc(C2(O)CCCC2)n1-c1ccccc1. The Morgan fingerprint density at radius 2 is 1.71 bits per heavy atom. The molecule has 0 bridgehead atoms. The predicted molar refractivity (Wildman–Crippen MR) is 96.9 cm³/mol. The van der Waals surface area contributed by atoms with Gasteiger partial charge in [0, 0.05) is 16.1 Å². The van der Waals surface area contributed by atoms with E-state index in [1.165, 1.54) is 0 Å². The van der Waals surface area contributed by atoms with Crippen molar-refractivity contribution in [2.75, 3.05) is 0 Å². The Bertz CT molecular complexity index is 957. The molecule has 1 fully saturated rings. The summed E-state index contributed by atoms with van der Waals surface area (Å²) >= 11 is 6.10. The van der Waals surface area contributed by atoms with Crippen LogP contribution in [0.25, 0.3) is 16.5 Å². The standard InChI is InChI=1S/C20H18ClNO2/c21-15-8-9-17-14(12-15)13-18(20(24)10-4-5-11-20)22(19(17)23)16-6-2-1-3-7-16/h1-3,6-9,12-13,24H,4-5,10-11H2. The van der Waals surface area contributed by atoms with Crippen molar-refractivity contribution in [3.63, 3.8) is 0 Å². The van der Waals surface area contributed by atoms with Crippen LogP contribution in [-0.4, -0.2) is 9.67 Å². The first-order valence-corrected chi connectivity index (χ1v) is 8.60. The van der Waals surface area contributed by atoms with Gasteiger partial charge in [-0.2, -0.15) is 0 Å². The zero-order valence-electron chi connectivity index (χ0n) is 13.2. The van der Waals surface area contributed by atoms with Crippen LogP contribution in [-0.2, 0) is 5.60 Å². The van der Waals surface area contributed by atoms with Gasteiger partial charge >= 0.3 is 0 Å². The maximum atomic E-state index is 13.2. The van der Waals surface area contributed by atoms with E-state index in [1.54, 1.807) is 22.8 Å². The number of aliphatic hydroxyl groups is 1. The van der Waals surface area contributed by atoms with Crippen molar-refractivity contribution in [3.8, 4) is 5.69 Å². The lowest BCUT2D eigenvalue weighted by Crippen LogP contribution is -2.32. The number of halogens is 1. The van der Waals surface area contributed by atoms with Crippen LogP contribution in [0.5, 0.6) is 0 Å². The lowest BCUT2D eigenvalue weighted by molar-refractivity contribution is 0.0376. The van der Waals surface area contributed by atoms with Gasteiger partial charge in [-0.05, 0) is 54.6 Å². The molecule has 4 heteroatoms. The number of hydrogen-bond donors (Lipinski definition) is 1. The van der Waals surface area contributed by atoms with Gasteiger partial charge in [-0.15, -0.1) is 0 Å². The minimum Gasteiger partial charge on any atom is -0.384 e. The summed E-state index contributed by atoms with van der Waals surface area (Å²) in [5.41, 5.74) is 0.345. The number of aromatic nitrogens is 1. The zero-order valence-corrected chi connectivity index (χ0v) is 14.0. The molecule has 2 aromatic carbocycles. The Kier molecular flexibility index (Phi) is 3.70. The van der Waals surface area contributed by atoms with Crippen molar-refractivity contribution in [2.24, 2.45) is 0 Å². The van der Waals surface area contributed by atoms with Crippen LogP contribution >= 0.6 is 11.6 Å². The molecule has 1 N–H and O–H groups in total. The fraction of sp³-hybridized carbons (Fsp3) is 0.250. The maximum absolute atomic E-state index is 13.2. The zero-order chi connectivity index (χ0) is 16.7. The number of benzene rings is 2. The molecule has 0 spiro atoms. The fourth-order valence-electron chi connectivity index (χ4n) is 3.68. The minimum atomic E-state index is -0.967. The molecule has 1 aliphatic carbocycles. The van der Waals surface area contributed by atoms with Gasteiger partial charge in [0.2, 0.25) is 0 Å². The summed E-state index contributed by atoms with van der Waals surface area (Å²) in [6.07, 6.45) is 3.27. The number of pyridine rings is 1. The second-order valence-corrected chi connectivity index (χ2v) is 6.91. The summed E-state index contributed by atoms with van der Waals surface area (Å²) in [6.45, 7) is 0. The third-order valence-electron chi connectivity index (χ3n) is 4.90. The number of para-hydroxylation sites is 1. The largest absolute Gasteiger partial charge is 0.384 e. The van der Waals surface area contributed by atoms with E-state index in [2.05, 4.69) is 0 Å². The number of fused-ring (bicyclic) bond motifs is 1. The highest BCUT2D eigenvalue weighted by Gasteiger charge is 2.36. The molecule has 0 saturated heterocycles. The van der Waals surface area contributed by atoms with E-state index in [1.807, 2.05) is 36.4 Å². The van der Waals surface area contributed by atoms with Crippen molar-refractivity contribution in [1.29, 1.82) is 0 Å². The molecule has 3 aromatic rings. The fourth-order valence-corrected chi connectivity index (χ4v) is 3.86. The number of rotatable bonds is 2. The molecule has 0 amide bonds. The Balaban J connectivity index is 2.09. The molecule has 1 heterocycles. The molecular weight excluding hydrogens is 322 g/mol. The Morgan fingerprint density at radius 1 is 1.00 bits per heavy atom. The second-order valence-electron chi connectivity index (χ2n) is 6.48. The summed E-state index contributed by atoms with van der Waals surface area (Å²) in [5.74, 6) is 0. The summed E-state index contributed by atoms with van der Waals surface area (Å²) < 4.78 is 1.65. The first-order chi connectivity index (χ1) is 11.6. The van der Waals surface area contributed by atoms with E-state index in [9.17, 15) is 9.90 Å². The summed E-state index contributed by atoms with van der Waals surface area (Å²) in [6, 6.07) is 16.7. The van der Waals surface area contributed by atoms with E-state index in [0.717, 1.165) is 23.9 Å². The normalized spacial score (nSPS) is 16.6. The van der Waals surface area contributed by atoms with Crippen molar-refractivity contribution in [1.82, 2.24) is 4.57 Å². The predicted octanol–water partition coefficient (Wildman–Crippen LogP) is 4.41. The van der Waals surface area contributed by atoms with Crippen LogP contribution < -0.4 is 5.56 Å². The van der Waals surface area contributed by atoms with Crippen molar-refractivity contribution >= 4 is 22.4 Å². The van der Waals surface area contributed by atoms with Crippen molar-refractivity contribution in [3.05, 3.63) is 75.7 Å². The smallest absolute Gasteiger partial charge is 0.263 e. The van der Waals surface area contributed by atoms with E-state index in [0.29, 0.717) is 28.9 Å². The van der Waals surface area contributed by atoms with Gasteiger partial charge < -0.3 is 5.11 Å². The first-order valence-electron chi connectivity index (χ1n) is 8.22. The molecule has 0 radical (unpaired) electrons. The van der Waals surface area contributed by atoms with Gasteiger partial charge in [0.25, 0.3) is 5.56 Å². The molecule has 0 unspecified atom stereocenters. The highest BCUT2D eigenvalue weighted by Crippen LogP contribution is 2.39. The van der Waals surface area contributed by atoms with E-state index in [-0.39, 0.29) is 5.56 Å². The maximum Gasteiger partial charge on any atom is 0.263 e. The van der Waals surface area contributed by atoms with Gasteiger partial charge in [-0.1, -0.05) is 42.6 Å². The molecule has 0 atom stereocenters. The molecule has 24 heavy (non-hydrogen) atoms. The lowest BCUT2D eigenvalue weighted by atomic mass is 9.94. The van der Waals surface area contributed by atoms with Crippen molar-refractivity contribution < 1.29 is 5.11 Å². The average molecular weight is 340 g/mol. The molecule has 0 aliphatic heterocycles. The van der Waals surface area contributed by atoms with Gasteiger partial charge in [0.15, 0.2) is 0 Å². The van der Waals surface area contributed by atoms with Gasteiger partial charge in [0.05, 0.1) is 5.69 Å². The van der Waals surface area contributed by atoms with E-state index in [4.69, 9.17) is 11.6 Å². The van der Waals surface area contributed by atoms with E-state index >= 15 is 0 Å². The van der Waals surface area contributed by atoms with Crippen LogP contribution in [0.2, 0.25) is 5.02 Å². The number of hydrogen-bond acceptors (Lipinski definition) is 2. The average Bonchev–Trinajstić information content (AvgIpc) is 3.03. The van der Waals surface area contributed by atoms with Crippen LogP contribution in [0.1, 0.15) is 31.4 Å². The van der Waals surface area contributed by atoms with Crippen LogP contribution in [0.15, 0.2) is 59.4 Å². The quantitative estimate of drug-likeness (QED) is 0.751. The first kappa shape index (κ1) is 15.4. The second kappa shape index (κ2) is 5.76. The van der Waals surface area contributed by atoms with Gasteiger partial charge in [0.1, 0.15) is 5.60 Å². The van der Waals surface area contributed by atoms with Crippen molar-refractivity contribution in [2.45, 2.75) is 31.3 Å². The molecule has 1 aromatic heterocycles. The Labute approximate surface area is 145 Å². The minimum absolute atomic E-state index is 0.120. The highest BCUT2D eigenvalue weighted by atomic mass is 35.5. The third-order valence-corrected chi connectivity index (χ3v) is 5.14. The molecule has 1 saturated carbocycles. The van der Waals surface area contributed by atoms with Gasteiger partial charge in [-0.3, -0.25) is 9.36 Å². The topological polar surface area (TPSA) is 42.2 Å². The lowest BCUT2D eigenvalue weighted by Gasteiger charge is -2.27. The highest BCUT2D eigenvalue weighted by molar-refractivity contribution is 6.31. The summed E-state index contributed by atoms with van der Waals surface area (Å²) in [7, 11) is 0. The van der Waals surface area contributed by atoms with Crippen LogP contribution in [0, 0.1) is 0 Å². The van der Waals surface area contributed by atoms with Crippen LogP contribution in [0.4, 0.5) is 0 Å². The summed E-state index contributed by atoms with van der Waals surface area (Å²) in [4.78, 5) is 13.2. The Hall–Kier alpha value is -2.10. The van der Waals surface area contributed by atoms with Crippen LogP contribution in [0.3, 0.4) is 0 Å². The van der Waals surface area contributed by atoms with Gasteiger partial charge in [-0.25, -0.2) is 0 Å². The molecule has 1 aliphatic rings. The molecule has 122 valence electrons. The third kappa shape index (κ3) is 2.45. The molecular formula is C20H18ClNO2. The number of nitrogens with zero attached hydrogens (tertiary/aromatic N) is 1. The molecule has 3 nitrogen and oxygen atoms in total.